The van der Waals surface area contributed by atoms with Crippen molar-refractivity contribution < 1.29 is 59.1 Å². The average molecular weight is 709 g/mol. The van der Waals surface area contributed by atoms with Crippen molar-refractivity contribution in [3.05, 3.63) is 11.6 Å². The van der Waals surface area contributed by atoms with E-state index in [-0.39, 0.29) is 35.6 Å². The van der Waals surface area contributed by atoms with Gasteiger partial charge in [-0.1, -0.05) is 39.3 Å². The third-order valence-electron chi connectivity index (χ3n) is 15.4. The quantitative estimate of drug-likeness (QED) is 0.235. The van der Waals surface area contributed by atoms with Crippen LogP contribution in [0.5, 0.6) is 0 Å². The zero-order valence-electron chi connectivity index (χ0n) is 30.2. The van der Waals surface area contributed by atoms with Crippen molar-refractivity contribution in [3.63, 3.8) is 0 Å². The Hall–Kier alpha value is -0.740. The van der Waals surface area contributed by atoms with E-state index in [4.69, 9.17) is 28.4 Å². The summed E-state index contributed by atoms with van der Waals surface area (Å²) < 4.78 is 37.2. The van der Waals surface area contributed by atoms with Crippen LogP contribution >= 0.6 is 0 Å². The normalized spacial score (nSPS) is 59.3. The number of aliphatic hydroxyl groups is 6. The fourth-order valence-electron chi connectivity index (χ4n) is 12.2. The Morgan fingerprint density at radius 2 is 1.60 bits per heavy atom. The second-order valence-corrected chi connectivity index (χ2v) is 17.9. The maximum Gasteiger partial charge on any atom is 0.187 e. The molecule has 8 rings (SSSR count). The summed E-state index contributed by atoms with van der Waals surface area (Å²) in [5, 5.41) is 65.0. The summed E-state index contributed by atoms with van der Waals surface area (Å²) in [7, 11) is 0. The molecule has 0 bridgehead atoms. The number of allylic oxidation sites excluding steroid dienone is 1. The molecule has 0 aromatic heterocycles. The second kappa shape index (κ2) is 12.7. The zero-order valence-corrected chi connectivity index (χ0v) is 30.2. The van der Waals surface area contributed by atoms with Gasteiger partial charge < -0.3 is 59.1 Å². The smallest absolute Gasteiger partial charge is 0.187 e. The molecule has 3 saturated carbocycles. The summed E-state index contributed by atoms with van der Waals surface area (Å²) in [6.45, 7) is 11.2. The minimum Gasteiger partial charge on any atom is -0.388 e. The van der Waals surface area contributed by atoms with Crippen molar-refractivity contribution in [1.82, 2.24) is 0 Å². The van der Waals surface area contributed by atoms with Gasteiger partial charge in [-0.2, -0.15) is 0 Å². The van der Waals surface area contributed by atoms with Gasteiger partial charge in [0.25, 0.3) is 0 Å². The van der Waals surface area contributed by atoms with Crippen molar-refractivity contribution in [1.29, 1.82) is 0 Å². The van der Waals surface area contributed by atoms with E-state index in [1.807, 2.05) is 0 Å². The van der Waals surface area contributed by atoms with Gasteiger partial charge in [0.05, 0.1) is 31.5 Å². The Labute approximate surface area is 295 Å². The molecule has 50 heavy (non-hydrogen) atoms. The van der Waals surface area contributed by atoms with Gasteiger partial charge in [-0.3, -0.25) is 0 Å². The lowest BCUT2D eigenvalue weighted by atomic mass is 9.46. The Balaban J connectivity index is 0.961. The first kappa shape index (κ1) is 36.2. The molecular weight excluding hydrogens is 648 g/mol. The first-order valence-corrected chi connectivity index (χ1v) is 19.3. The van der Waals surface area contributed by atoms with Crippen LogP contribution in [0.4, 0.5) is 0 Å². The predicted octanol–water partition coefficient (Wildman–Crippen LogP) is 2.14. The van der Waals surface area contributed by atoms with Gasteiger partial charge >= 0.3 is 0 Å². The third kappa shape index (κ3) is 5.21. The van der Waals surface area contributed by atoms with E-state index >= 15 is 0 Å². The highest BCUT2D eigenvalue weighted by Gasteiger charge is 2.76. The van der Waals surface area contributed by atoms with Crippen LogP contribution in [0.2, 0.25) is 0 Å². The molecule has 0 amide bonds. The zero-order chi connectivity index (χ0) is 35.5. The summed E-state index contributed by atoms with van der Waals surface area (Å²) in [4.78, 5) is 0. The molecule has 284 valence electrons. The molecule has 8 aliphatic rings. The van der Waals surface area contributed by atoms with Crippen LogP contribution in [0.25, 0.3) is 0 Å². The van der Waals surface area contributed by atoms with E-state index in [9.17, 15) is 30.6 Å². The summed E-state index contributed by atoms with van der Waals surface area (Å²) in [6, 6.07) is 0. The lowest BCUT2D eigenvalue weighted by molar-refractivity contribution is -0.358. The SMILES string of the molecule is C[C@@H]1CC[C@@]2(OC1)O[C@H]1C[C@H]3[C@@H]4CC=C5C[C@@H](O[C@@H]6OC[C@@H](O)[C@H](O)[C@H]6O[C@@H]6O[C@@H](C)[C@H](O)[C@@H](O)[C@H]6O)CC[C@]5(C)[C@H]4CC[C@]3(C)[C@@]1(O)[C@@H]2C. The van der Waals surface area contributed by atoms with Gasteiger partial charge in [-0.05, 0) is 87.4 Å². The molecule has 4 saturated heterocycles. The maximum absolute atomic E-state index is 12.7. The van der Waals surface area contributed by atoms with Crippen molar-refractivity contribution in [2.45, 2.75) is 171 Å². The Morgan fingerprint density at radius 1 is 0.820 bits per heavy atom. The van der Waals surface area contributed by atoms with Crippen molar-refractivity contribution in [2.24, 2.45) is 40.4 Å². The molecule has 0 aromatic rings. The monoisotopic (exact) mass is 708 g/mol. The molecule has 4 aliphatic heterocycles. The minimum absolute atomic E-state index is 0.00688. The van der Waals surface area contributed by atoms with E-state index in [1.54, 1.807) is 6.92 Å². The average Bonchev–Trinajstić information content (AvgIpc) is 3.45. The second-order valence-electron chi connectivity index (χ2n) is 17.9. The number of ether oxygens (including phenoxy) is 6. The molecule has 6 N–H and O–H groups in total. The van der Waals surface area contributed by atoms with E-state index in [0.29, 0.717) is 36.7 Å². The molecule has 0 radical (unpaired) electrons. The van der Waals surface area contributed by atoms with Gasteiger partial charge in [0, 0.05) is 17.8 Å². The van der Waals surface area contributed by atoms with Crippen molar-refractivity contribution in [3.8, 4) is 0 Å². The molecule has 12 nitrogen and oxygen atoms in total. The lowest BCUT2D eigenvalue weighted by Gasteiger charge is -2.60. The predicted molar refractivity (Wildman–Crippen MR) is 177 cm³/mol. The lowest BCUT2D eigenvalue weighted by Crippen LogP contribution is -2.62. The number of rotatable bonds is 4. The third-order valence-corrected chi connectivity index (χ3v) is 15.4. The largest absolute Gasteiger partial charge is 0.388 e. The highest BCUT2D eigenvalue weighted by Crippen LogP contribution is 2.72. The topological polar surface area (TPSA) is 177 Å². The fraction of sp³-hybridized carbons (Fsp3) is 0.947. The molecule has 12 heteroatoms. The van der Waals surface area contributed by atoms with E-state index in [0.717, 1.165) is 51.4 Å². The van der Waals surface area contributed by atoms with Crippen LogP contribution < -0.4 is 0 Å². The van der Waals surface area contributed by atoms with Gasteiger partial charge in [0.2, 0.25) is 0 Å². The number of hydrogen-bond donors (Lipinski definition) is 6. The van der Waals surface area contributed by atoms with E-state index in [1.165, 1.54) is 5.57 Å². The molecule has 0 aromatic carbocycles. The summed E-state index contributed by atoms with van der Waals surface area (Å²) in [5.74, 6) is 1.07. The Bertz CT molecular complexity index is 1300. The van der Waals surface area contributed by atoms with Crippen LogP contribution in [0, 0.1) is 40.4 Å². The van der Waals surface area contributed by atoms with Gasteiger partial charge in [-0.25, -0.2) is 0 Å². The minimum atomic E-state index is -1.57. The Kier molecular flexibility index (Phi) is 9.18. The number of aliphatic hydroxyl groups excluding tert-OH is 5. The highest BCUT2D eigenvalue weighted by molar-refractivity contribution is 5.29. The number of fused-ring (bicyclic) bond motifs is 7. The van der Waals surface area contributed by atoms with Crippen molar-refractivity contribution in [2.75, 3.05) is 13.2 Å². The van der Waals surface area contributed by atoms with E-state index < -0.39 is 66.7 Å². The van der Waals surface area contributed by atoms with Crippen LogP contribution in [0.15, 0.2) is 11.6 Å². The van der Waals surface area contributed by atoms with Crippen molar-refractivity contribution >= 4 is 0 Å². The van der Waals surface area contributed by atoms with Crippen LogP contribution in [-0.4, -0.2) is 123 Å². The first-order chi connectivity index (χ1) is 23.6. The first-order valence-electron chi connectivity index (χ1n) is 19.3. The van der Waals surface area contributed by atoms with E-state index in [2.05, 4.69) is 33.8 Å². The summed E-state index contributed by atoms with van der Waals surface area (Å²) in [5.41, 5.74) is 0.239. The van der Waals surface area contributed by atoms with Gasteiger partial charge in [0.15, 0.2) is 18.4 Å². The standard InChI is InChI=1S/C38H60O12/c1-18-8-13-37(46-16-18)20(3)38(44)27(50-37)15-25-23-7-6-21-14-22(9-11-35(21,4)24(23)10-12-36(25,38)5)48-34-32(29(41)26(39)17-45-34)49-33-31(43)30(42)28(40)19(2)47-33/h6,18-20,22-34,39-44H,7-17H2,1-5H3/t18-,19+,20-,22+,23-,24+,25+,26-,27+,28+,29+,30-,31-,32-,33+,34+,35+,36+,37-,38-/m1/s1. The molecule has 1 spiro atoms. The summed E-state index contributed by atoms with van der Waals surface area (Å²) in [6.07, 6.45) is -1.23. The molecular formula is C38H60O12. The highest BCUT2D eigenvalue weighted by atomic mass is 16.8. The van der Waals surface area contributed by atoms with Crippen LogP contribution in [0.3, 0.4) is 0 Å². The molecule has 4 heterocycles. The van der Waals surface area contributed by atoms with Crippen LogP contribution in [-0.2, 0) is 28.4 Å². The Morgan fingerprint density at radius 3 is 2.34 bits per heavy atom. The molecule has 20 atom stereocenters. The maximum atomic E-state index is 12.7. The molecule has 7 fully saturated rings. The van der Waals surface area contributed by atoms with Gasteiger partial charge in [0.1, 0.15) is 42.2 Å². The molecule has 4 aliphatic carbocycles. The fourth-order valence-corrected chi connectivity index (χ4v) is 12.2. The number of hydrogen-bond acceptors (Lipinski definition) is 12. The van der Waals surface area contributed by atoms with Crippen LogP contribution in [0.1, 0.15) is 92.4 Å². The van der Waals surface area contributed by atoms with Gasteiger partial charge in [-0.15, -0.1) is 0 Å². The molecule has 0 unspecified atom stereocenters. The summed E-state index contributed by atoms with van der Waals surface area (Å²) >= 11 is 0.